The topological polar surface area (TPSA) is 53.4 Å². The monoisotopic (exact) mass is 268 g/mol. The normalized spacial score (nSPS) is 18.1. The number of aromatic nitrogens is 1. The van der Waals surface area contributed by atoms with Crippen molar-refractivity contribution in [3.8, 4) is 0 Å². The quantitative estimate of drug-likeness (QED) is 0.892. The minimum absolute atomic E-state index is 0.386. The van der Waals surface area contributed by atoms with Gasteiger partial charge in [-0.2, -0.15) is 0 Å². The van der Waals surface area contributed by atoms with Crippen LogP contribution in [0, 0.1) is 5.92 Å². The van der Waals surface area contributed by atoms with Gasteiger partial charge in [-0.25, -0.2) is 4.98 Å². The lowest BCUT2D eigenvalue weighted by atomic mass is 10.1. The summed E-state index contributed by atoms with van der Waals surface area (Å²) in [6.45, 7) is 8.38. The number of fused-ring (bicyclic) bond motifs is 1. The molecule has 1 aromatic rings. The summed E-state index contributed by atoms with van der Waals surface area (Å²) in [5.41, 5.74) is 0.810. The maximum Gasteiger partial charge on any atom is 0.312 e. The molecule has 1 atom stereocenters. The van der Waals surface area contributed by atoms with Crippen molar-refractivity contribution >= 4 is 22.4 Å². The van der Waals surface area contributed by atoms with Crippen LogP contribution in [-0.4, -0.2) is 29.1 Å². The van der Waals surface area contributed by atoms with Crippen molar-refractivity contribution in [1.29, 1.82) is 0 Å². The summed E-state index contributed by atoms with van der Waals surface area (Å²) >= 11 is 1.67. The van der Waals surface area contributed by atoms with Crippen molar-refractivity contribution in [2.75, 3.05) is 18.0 Å². The average Bonchev–Trinajstić information content (AvgIpc) is 2.83. The highest BCUT2D eigenvalue weighted by Crippen LogP contribution is 2.39. The van der Waals surface area contributed by atoms with E-state index in [0.717, 1.165) is 30.3 Å². The first kappa shape index (κ1) is 13.3. The molecule has 0 spiro atoms. The average molecular weight is 268 g/mol. The summed E-state index contributed by atoms with van der Waals surface area (Å²) in [6.07, 6.45) is 1.57. The molecule has 18 heavy (non-hydrogen) atoms. The minimum Gasteiger partial charge on any atom is -0.481 e. The molecule has 0 radical (unpaired) electrons. The van der Waals surface area contributed by atoms with Gasteiger partial charge in [0.1, 0.15) is 5.92 Å². The van der Waals surface area contributed by atoms with E-state index in [1.165, 1.54) is 4.88 Å². The standard InChI is InChI=1S/C13H20N2O2S/c1-4-15(7-8(2)3)13-14-11-9(12(16)17)5-6-10(11)18-13/h8-9H,4-7H2,1-3H3,(H,16,17). The fourth-order valence-electron chi connectivity index (χ4n) is 2.37. The Morgan fingerprint density at radius 2 is 2.33 bits per heavy atom. The second-order valence-corrected chi connectivity index (χ2v) is 6.23. The summed E-state index contributed by atoms with van der Waals surface area (Å²) < 4.78 is 0. The highest BCUT2D eigenvalue weighted by atomic mass is 32.1. The molecule has 0 amide bonds. The van der Waals surface area contributed by atoms with Crippen LogP contribution in [0.5, 0.6) is 0 Å². The zero-order valence-electron chi connectivity index (χ0n) is 11.1. The van der Waals surface area contributed by atoms with Crippen molar-refractivity contribution in [3.05, 3.63) is 10.6 Å². The van der Waals surface area contributed by atoms with Crippen LogP contribution in [0.25, 0.3) is 0 Å². The summed E-state index contributed by atoms with van der Waals surface area (Å²) in [5.74, 6) is -0.542. The Balaban J connectivity index is 2.22. The van der Waals surface area contributed by atoms with Crippen molar-refractivity contribution in [1.82, 2.24) is 4.98 Å². The SMILES string of the molecule is CCN(CC(C)C)c1nc2c(s1)CCC2C(=O)O. The Kier molecular flexibility index (Phi) is 3.90. The number of carboxylic acids is 1. The van der Waals surface area contributed by atoms with E-state index in [2.05, 4.69) is 30.7 Å². The molecule has 0 bridgehead atoms. The smallest absolute Gasteiger partial charge is 0.312 e. The molecule has 100 valence electrons. The van der Waals surface area contributed by atoms with E-state index < -0.39 is 5.97 Å². The van der Waals surface area contributed by atoms with E-state index in [-0.39, 0.29) is 5.92 Å². The summed E-state index contributed by atoms with van der Waals surface area (Å²) in [5, 5.41) is 10.1. The van der Waals surface area contributed by atoms with E-state index in [9.17, 15) is 4.79 Å². The molecule has 4 nitrogen and oxygen atoms in total. The molecule has 0 fully saturated rings. The first-order valence-electron chi connectivity index (χ1n) is 6.50. The van der Waals surface area contributed by atoms with Gasteiger partial charge in [-0.15, -0.1) is 11.3 Å². The number of nitrogens with zero attached hydrogens (tertiary/aromatic N) is 2. The fraction of sp³-hybridized carbons (Fsp3) is 0.692. The predicted octanol–water partition coefficient (Wildman–Crippen LogP) is 2.74. The van der Waals surface area contributed by atoms with Crippen molar-refractivity contribution < 1.29 is 9.90 Å². The molecule has 1 unspecified atom stereocenters. The molecule has 0 saturated heterocycles. The van der Waals surface area contributed by atoms with Crippen LogP contribution >= 0.6 is 11.3 Å². The third kappa shape index (κ3) is 2.51. The first-order valence-corrected chi connectivity index (χ1v) is 7.31. The number of rotatable bonds is 5. The Labute approximate surface area is 112 Å². The number of hydrogen-bond donors (Lipinski definition) is 1. The van der Waals surface area contributed by atoms with Gasteiger partial charge in [-0.05, 0) is 25.7 Å². The Morgan fingerprint density at radius 1 is 1.61 bits per heavy atom. The van der Waals surface area contributed by atoms with Gasteiger partial charge in [-0.3, -0.25) is 4.79 Å². The zero-order valence-corrected chi connectivity index (χ0v) is 12.0. The number of aliphatic carboxylic acids is 1. The van der Waals surface area contributed by atoms with Crippen LogP contribution in [0.3, 0.4) is 0 Å². The summed E-state index contributed by atoms with van der Waals surface area (Å²) in [4.78, 5) is 19.1. The molecule has 1 N–H and O–H groups in total. The van der Waals surface area contributed by atoms with E-state index in [0.29, 0.717) is 12.3 Å². The van der Waals surface area contributed by atoms with Crippen LogP contribution in [0.1, 0.15) is 43.7 Å². The van der Waals surface area contributed by atoms with Crippen LogP contribution in [0.4, 0.5) is 5.13 Å². The Morgan fingerprint density at radius 3 is 2.89 bits per heavy atom. The highest BCUT2D eigenvalue weighted by molar-refractivity contribution is 7.15. The summed E-state index contributed by atoms with van der Waals surface area (Å²) in [7, 11) is 0. The van der Waals surface area contributed by atoms with E-state index in [1.807, 2.05) is 0 Å². The second kappa shape index (κ2) is 5.26. The van der Waals surface area contributed by atoms with Crippen molar-refractivity contribution in [2.45, 2.75) is 39.5 Å². The second-order valence-electron chi connectivity index (χ2n) is 5.17. The molecular weight excluding hydrogens is 248 g/mol. The van der Waals surface area contributed by atoms with Crippen LogP contribution in [0.2, 0.25) is 0 Å². The zero-order chi connectivity index (χ0) is 13.3. The largest absolute Gasteiger partial charge is 0.481 e. The number of carboxylic acid groups (broad SMARTS) is 1. The van der Waals surface area contributed by atoms with Crippen LogP contribution in [-0.2, 0) is 11.2 Å². The van der Waals surface area contributed by atoms with E-state index in [1.54, 1.807) is 11.3 Å². The Bertz CT molecular complexity index is 442. The molecular formula is C13H20N2O2S. The third-order valence-electron chi connectivity index (χ3n) is 3.24. The lowest BCUT2D eigenvalue weighted by molar-refractivity contribution is -0.138. The van der Waals surface area contributed by atoms with E-state index >= 15 is 0 Å². The lowest BCUT2D eigenvalue weighted by Crippen LogP contribution is -2.27. The maximum atomic E-state index is 11.1. The predicted molar refractivity (Wildman–Crippen MR) is 73.5 cm³/mol. The first-order chi connectivity index (χ1) is 8.52. The molecule has 5 heteroatoms. The number of carbonyl (C=O) groups is 1. The lowest BCUT2D eigenvalue weighted by Gasteiger charge is -2.22. The van der Waals surface area contributed by atoms with Gasteiger partial charge < -0.3 is 10.0 Å². The Hall–Kier alpha value is -1.10. The number of anilines is 1. The molecule has 1 heterocycles. The third-order valence-corrected chi connectivity index (χ3v) is 4.43. The minimum atomic E-state index is -0.738. The molecule has 2 rings (SSSR count). The number of thiazole rings is 1. The van der Waals surface area contributed by atoms with Crippen LogP contribution in [0.15, 0.2) is 0 Å². The van der Waals surface area contributed by atoms with Crippen LogP contribution < -0.4 is 4.90 Å². The van der Waals surface area contributed by atoms with Gasteiger partial charge in [0, 0.05) is 18.0 Å². The fourth-order valence-corrected chi connectivity index (χ4v) is 3.58. The van der Waals surface area contributed by atoms with E-state index in [4.69, 9.17) is 5.11 Å². The molecule has 0 aliphatic heterocycles. The highest BCUT2D eigenvalue weighted by Gasteiger charge is 2.33. The van der Waals surface area contributed by atoms with Gasteiger partial charge in [0.25, 0.3) is 0 Å². The molecule has 1 aromatic heterocycles. The van der Waals surface area contributed by atoms with Gasteiger partial charge in [0.05, 0.1) is 5.69 Å². The molecule has 0 aromatic carbocycles. The van der Waals surface area contributed by atoms with Gasteiger partial charge in [-0.1, -0.05) is 13.8 Å². The maximum absolute atomic E-state index is 11.1. The summed E-state index contributed by atoms with van der Waals surface area (Å²) in [6, 6.07) is 0. The van der Waals surface area contributed by atoms with Crippen molar-refractivity contribution in [2.24, 2.45) is 5.92 Å². The number of aryl methyl sites for hydroxylation is 1. The molecule has 1 aliphatic rings. The van der Waals surface area contributed by atoms with Gasteiger partial charge >= 0.3 is 5.97 Å². The number of hydrogen-bond acceptors (Lipinski definition) is 4. The van der Waals surface area contributed by atoms with Gasteiger partial charge in [0.2, 0.25) is 0 Å². The molecule has 1 aliphatic carbocycles. The van der Waals surface area contributed by atoms with Crippen molar-refractivity contribution in [3.63, 3.8) is 0 Å². The molecule has 0 saturated carbocycles. The van der Waals surface area contributed by atoms with Gasteiger partial charge in [0.15, 0.2) is 5.13 Å².